The van der Waals surface area contributed by atoms with Gasteiger partial charge in [0.05, 0.1) is 27.8 Å². The summed E-state index contributed by atoms with van der Waals surface area (Å²) in [6.45, 7) is 2.25. The van der Waals surface area contributed by atoms with Crippen LogP contribution in [0.4, 0.5) is 17.1 Å². The Morgan fingerprint density at radius 3 is 2.53 bits per heavy atom. The number of nitro groups is 1. The number of nitrogens with one attached hydrogen (secondary N) is 2. The van der Waals surface area contributed by atoms with Gasteiger partial charge in [0.25, 0.3) is 17.5 Å². The van der Waals surface area contributed by atoms with Crippen molar-refractivity contribution >= 4 is 44.8 Å². The SMILES string of the molecule is CNc1cncc(C(=O)N2C[C@H](Nc3c(C(=O)N4CCCCC4)cc(Br)cc3[N+](=O)[O-])C3(CC3)C2)c1. The number of benzene rings is 1. The van der Waals surface area contributed by atoms with Crippen LogP contribution in [0.2, 0.25) is 0 Å². The third-order valence-corrected chi connectivity index (χ3v) is 8.03. The lowest BCUT2D eigenvalue weighted by molar-refractivity contribution is -0.384. The van der Waals surface area contributed by atoms with Crippen molar-refractivity contribution in [2.45, 2.75) is 38.1 Å². The summed E-state index contributed by atoms with van der Waals surface area (Å²) in [6, 6.07) is 4.67. The molecular weight excluding hydrogens is 528 g/mol. The molecule has 2 saturated heterocycles. The molecule has 1 saturated carbocycles. The van der Waals surface area contributed by atoms with Gasteiger partial charge in [-0.15, -0.1) is 0 Å². The summed E-state index contributed by atoms with van der Waals surface area (Å²) < 4.78 is 0.487. The summed E-state index contributed by atoms with van der Waals surface area (Å²) in [5.74, 6) is -0.322. The van der Waals surface area contributed by atoms with E-state index in [1.807, 2.05) is 0 Å². The second-order valence-electron chi connectivity index (χ2n) is 9.91. The summed E-state index contributed by atoms with van der Waals surface area (Å²) in [5.41, 5.74) is 1.48. The highest BCUT2D eigenvalue weighted by atomic mass is 79.9. The fourth-order valence-electron chi connectivity index (χ4n) is 5.36. The minimum atomic E-state index is -0.452. The number of aromatic nitrogens is 1. The summed E-state index contributed by atoms with van der Waals surface area (Å²) >= 11 is 3.35. The van der Waals surface area contributed by atoms with Gasteiger partial charge in [0.2, 0.25) is 0 Å². The molecule has 3 aliphatic rings. The number of piperidine rings is 1. The van der Waals surface area contributed by atoms with Crippen LogP contribution in [-0.4, -0.2) is 70.8 Å². The normalized spacial score (nSPS) is 20.3. The number of pyridine rings is 1. The highest BCUT2D eigenvalue weighted by Crippen LogP contribution is 2.54. The molecule has 190 valence electrons. The minimum absolute atomic E-state index is 0.120. The zero-order valence-corrected chi connectivity index (χ0v) is 21.7. The van der Waals surface area contributed by atoms with Gasteiger partial charge < -0.3 is 20.4 Å². The molecule has 5 rings (SSSR count). The monoisotopic (exact) mass is 556 g/mol. The maximum atomic E-state index is 13.5. The average molecular weight is 557 g/mol. The number of carbonyl (C=O) groups is 2. The molecule has 2 aliphatic heterocycles. The summed E-state index contributed by atoms with van der Waals surface area (Å²) in [7, 11) is 1.77. The molecule has 2 amide bonds. The zero-order valence-electron chi connectivity index (χ0n) is 20.1. The fourth-order valence-corrected chi connectivity index (χ4v) is 5.81. The first-order chi connectivity index (χ1) is 17.3. The van der Waals surface area contributed by atoms with Gasteiger partial charge in [0, 0.05) is 61.6 Å². The van der Waals surface area contributed by atoms with E-state index < -0.39 is 4.92 Å². The Hall–Kier alpha value is -3.21. The smallest absolute Gasteiger partial charge is 0.294 e. The molecule has 2 aromatic rings. The van der Waals surface area contributed by atoms with Gasteiger partial charge in [-0.05, 0) is 44.2 Å². The van der Waals surface area contributed by atoms with E-state index in [0.717, 1.165) is 37.8 Å². The Balaban J connectivity index is 1.44. The van der Waals surface area contributed by atoms with Crippen molar-refractivity contribution in [2.75, 3.05) is 43.9 Å². The van der Waals surface area contributed by atoms with Crippen LogP contribution in [0.15, 0.2) is 35.1 Å². The predicted octanol–water partition coefficient (Wildman–Crippen LogP) is 4.14. The number of hydrogen-bond acceptors (Lipinski definition) is 7. The molecular formula is C25H29BrN6O4. The average Bonchev–Trinajstić information content (AvgIpc) is 3.59. The van der Waals surface area contributed by atoms with Gasteiger partial charge in [0.15, 0.2) is 0 Å². The molecule has 1 aromatic carbocycles. The lowest BCUT2D eigenvalue weighted by Crippen LogP contribution is -2.37. The molecule has 11 heteroatoms. The first-order valence-corrected chi connectivity index (χ1v) is 13.1. The second-order valence-corrected chi connectivity index (χ2v) is 10.8. The Bertz CT molecular complexity index is 1210. The summed E-state index contributed by atoms with van der Waals surface area (Å²) in [6.07, 6.45) is 7.98. The fraction of sp³-hybridized carbons (Fsp3) is 0.480. The van der Waals surface area contributed by atoms with E-state index in [4.69, 9.17) is 0 Å². The number of anilines is 2. The van der Waals surface area contributed by atoms with Crippen LogP contribution in [0.3, 0.4) is 0 Å². The van der Waals surface area contributed by atoms with Crippen LogP contribution in [0.1, 0.15) is 52.8 Å². The van der Waals surface area contributed by atoms with Gasteiger partial charge in [-0.3, -0.25) is 24.7 Å². The summed E-state index contributed by atoms with van der Waals surface area (Å²) in [4.78, 5) is 46.1. The van der Waals surface area contributed by atoms with Gasteiger partial charge in [0.1, 0.15) is 5.69 Å². The van der Waals surface area contributed by atoms with Gasteiger partial charge in [-0.2, -0.15) is 0 Å². The number of halogens is 1. The van der Waals surface area contributed by atoms with Crippen molar-refractivity contribution in [1.29, 1.82) is 0 Å². The molecule has 1 spiro atoms. The number of nitro benzene ring substituents is 1. The van der Waals surface area contributed by atoms with Crippen molar-refractivity contribution < 1.29 is 14.5 Å². The molecule has 3 fully saturated rings. The van der Waals surface area contributed by atoms with Crippen molar-refractivity contribution in [3.05, 3.63) is 56.3 Å². The lowest BCUT2D eigenvalue weighted by Gasteiger charge is -2.28. The number of hydrogen-bond donors (Lipinski definition) is 2. The Labute approximate surface area is 217 Å². The molecule has 3 heterocycles. The number of rotatable bonds is 6. The molecule has 1 aliphatic carbocycles. The molecule has 0 bridgehead atoms. The number of carbonyl (C=O) groups excluding carboxylic acids is 2. The predicted molar refractivity (Wildman–Crippen MR) is 139 cm³/mol. The molecule has 10 nitrogen and oxygen atoms in total. The zero-order chi connectivity index (χ0) is 25.4. The van der Waals surface area contributed by atoms with Crippen LogP contribution in [-0.2, 0) is 0 Å². The van der Waals surface area contributed by atoms with E-state index in [-0.39, 0.29) is 34.6 Å². The number of nitrogens with zero attached hydrogens (tertiary/aromatic N) is 4. The molecule has 2 N–H and O–H groups in total. The van der Waals surface area contributed by atoms with E-state index in [1.165, 1.54) is 6.07 Å². The van der Waals surface area contributed by atoms with Gasteiger partial charge >= 0.3 is 0 Å². The number of amides is 2. The molecule has 0 radical (unpaired) electrons. The van der Waals surface area contributed by atoms with Crippen molar-refractivity contribution in [1.82, 2.24) is 14.8 Å². The largest absolute Gasteiger partial charge is 0.387 e. The van der Waals surface area contributed by atoms with E-state index in [2.05, 4.69) is 31.5 Å². The highest BCUT2D eigenvalue weighted by Gasteiger charge is 2.56. The van der Waals surface area contributed by atoms with Gasteiger partial charge in [-0.1, -0.05) is 15.9 Å². The van der Waals surface area contributed by atoms with Crippen molar-refractivity contribution in [2.24, 2.45) is 5.41 Å². The highest BCUT2D eigenvalue weighted by molar-refractivity contribution is 9.10. The van der Waals surface area contributed by atoms with E-state index in [0.29, 0.717) is 41.8 Å². The quantitative estimate of drug-likeness (QED) is 0.405. The van der Waals surface area contributed by atoms with Crippen LogP contribution in [0, 0.1) is 15.5 Å². The first-order valence-electron chi connectivity index (χ1n) is 12.3. The standard InChI is InChI=1S/C25H29BrN6O4/c1-27-18-9-16(12-28-13-18)23(33)31-14-21(25(15-31)5-6-25)29-22-19(10-17(26)11-20(22)32(35)36)24(34)30-7-3-2-4-8-30/h9-13,21,27,29H,2-8,14-15H2,1H3/t21-/m0/s1. The third kappa shape index (κ3) is 4.63. The maximum Gasteiger partial charge on any atom is 0.294 e. The van der Waals surface area contributed by atoms with E-state index >= 15 is 0 Å². The second kappa shape index (κ2) is 9.68. The Morgan fingerprint density at radius 1 is 1.11 bits per heavy atom. The van der Waals surface area contributed by atoms with Crippen LogP contribution in [0.5, 0.6) is 0 Å². The minimum Gasteiger partial charge on any atom is -0.387 e. The van der Waals surface area contributed by atoms with Crippen molar-refractivity contribution in [3.63, 3.8) is 0 Å². The Morgan fingerprint density at radius 2 is 1.86 bits per heavy atom. The van der Waals surface area contributed by atoms with Crippen LogP contribution < -0.4 is 10.6 Å². The molecule has 36 heavy (non-hydrogen) atoms. The first kappa shape index (κ1) is 24.5. The van der Waals surface area contributed by atoms with Crippen LogP contribution in [0.25, 0.3) is 0 Å². The lowest BCUT2D eigenvalue weighted by atomic mass is 9.99. The van der Waals surface area contributed by atoms with Crippen molar-refractivity contribution in [3.8, 4) is 0 Å². The molecule has 1 atom stereocenters. The molecule has 1 aromatic heterocycles. The number of likely N-dealkylation sites (tertiary alicyclic amines) is 2. The summed E-state index contributed by atoms with van der Waals surface area (Å²) in [5, 5.41) is 18.4. The maximum absolute atomic E-state index is 13.5. The van der Waals surface area contributed by atoms with E-state index in [9.17, 15) is 19.7 Å². The molecule has 0 unspecified atom stereocenters. The topological polar surface area (TPSA) is 121 Å². The van der Waals surface area contributed by atoms with Gasteiger partial charge in [-0.25, -0.2) is 0 Å². The third-order valence-electron chi connectivity index (χ3n) is 7.57. The Kier molecular flexibility index (Phi) is 6.59. The van der Waals surface area contributed by atoms with E-state index in [1.54, 1.807) is 41.4 Å². The van der Waals surface area contributed by atoms with Crippen LogP contribution >= 0.6 is 15.9 Å².